The fourth-order valence-electron chi connectivity index (χ4n) is 2.36. The van der Waals surface area contributed by atoms with E-state index in [9.17, 15) is 0 Å². The van der Waals surface area contributed by atoms with Gasteiger partial charge in [-0.1, -0.05) is 0 Å². The Bertz CT molecular complexity index is 433. The number of hydrogen-bond donors (Lipinski definition) is 0. The maximum Gasteiger partial charge on any atom is 0.133 e. The number of ether oxygens (including phenoxy) is 3. The zero-order chi connectivity index (χ0) is 13.8. The third kappa shape index (κ3) is 3.36. The van der Waals surface area contributed by atoms with Crippen molar-refractivity contribution in [2.24, 2.45) is 5.92 Å². The summed E-state index contributed by atoms with van der Waals surface area (Å²) in [5.41, 5.74) is 0.983. The second-order valence-corrected chi connectivity index (χ2v) is 5.90. The molecule has 0 amide bonds. The maximum atomic E-state index is 6.64. The largest absolute Gasteiger partial charge is 0.496 e. The lowest BCUT2D eigenvalue weighted by molar-refractivity contribution is 0.0648. The quantitative estimate of drug-likeness (QED) is 0.764. The summed E-state index contributed by atoms with van der Waals surface area (Å²) in [6.07, 6.45) is 1.96. The average molecular weight is 350 g/mol. The van der Waals surface area contributed by atoms with Gasteiger partial charge in [-0.15, -0.1) is 11.6 Å². The fourth-order valence-corrected chi connectivity index (χ4v) is 3.27. The van der Waals surface area contributed by atoms with Crippen LogP contribution < -0.4 is 9.47 Å². The average Bonchev–Trinajstić information content (AvgIpc) is 2.47. The lowest BCUT2D eigenvalue weighted by Crippen LogP contribution is -2.19. The van der Waals surface area contributed by atoms with Crippen molar-refractivity contribution in [1.29, 1.82) is 0 Å². The Labute approximate surface area is 127 Å². The molecule has 0 bridgehead atoms. The fraction of sp³-hybridized carbons (Fsp3) is 0.571. The first-order valence-corrected chi connectivity index (χ1v) is 7.53. The van der Waals surface area contributed by atoms with Gasteiger partial charge in [0.25, 0.3) is 0 Å². The van der Waals surface area contributed by atoms with Gasteiger partial charge in [0.2, 0.25) is 0 Å². The first kappa shape index (κ1) is 14.9. The highest BCUT2D eigenvalue weighted by atomic mass is 79.9. The normalized spacial score (nSPS) is 18.1. The zero-order valence-corrected chi connectivity index (χ0v) is 13.5. The van der Waals surface area contributed by atoms with Gasteiger partial charge in [-0.3, -0.25) is 0 Å². The van der Waals surface area contributed by atoms with Crippen LogP contribution in [-0.2, 0) is 4.74 Å². The Balaban J connectivity index is 2.30. The summed E-state index contributed by atoms with van der Waals surface area (Å²) in [5, 5.41) is -0.0825. The Hall–Kier alpha value is -0.450. The predicted molar refractivity (Wildman–Crippen MR) is 79.4 cm³/mol. The molecule has 106 valence electrons. The number of alkyl halides is 1. The van der Waals surface area contributed by atoms with Crippen LogP contribution in [0.15, 0.2) is 16.6 Å². The maximum absolute atomic E-state index is 6.64. The van der Waals surface area contributed by atoms with Crippen molar-refractivity contribution in [3.63, 3.8) is 0 Å². The smallest absolute Gasteiger partial charge is 0.133 e. The van der Waals surface area contributed by atoms with Gasteiger partial charge >= 0.3 is 0 Å². The lowest BCUT2D eigenvalue weighted by atomic mass is 9.91. The van der Waals surface area contributed by atoms with Crippen molar-refractivity contribution < 1.29 is 14.2 Å². The topological polar surface area (TPSA) is 27.7 Å². The number of methoxy groups -OCH3 is 2. The van der Waals surface area contributed by atoms with Crippen LogP contribution in [0.4, 0.5) is 0 Å². The molecule has 3 nitrogen and oxygen atoms in total. The van der Waals surface area contributed by atoms with Crippen LogP contribution >= 0.6 is 27.5 Å². The Kier molecular flexibility index (Phi) is 5.37. The van der Waals surface area contributed by atoms with Gasteiger partial charge in [0.1, 0.15) is 11.5 Å². The summed E-state index contributed by atoms with van der Waals surface area (Å²) >= 11 is 10.1. The number of halogens is 2. The number of benzene rings is 1. The van der Waals surface area contributed by atoms with E-state index in [1.165, 1.54) is 0 Å². The first-order valence-electron chi connectivity index (χ1n) is 6.30. The molecule has 2 rings (SSSR count). The minimum absolute atomic E-state index is 0.0825. The number of rotatable bonds is 4. The molecule has 1 fully saturated rings. The van der Waals surface area contributed by atoms with Gasteiger partial charge in [-0.2, -0.15) is 0 Å². The third-order valence-corrected chi connectivity index (χ3v) is 4.69. The molecule has 0 saturated carbocycles. The molecule has 1 heterocycles. The Morgan fingerprint density at radius 3 is 2.42 bits per heavy atom. The highest BCUT2D eigenvalue weighted by Gasteiger charge is 2.27. The first-order chi connectivity index (χ1) is 9.17. The van der Waals surface area contributed by atoms with E-state index in [0.29, 0.717) is 5.92 Å². The molecule has 0 radical (unpaired) electrons. The molecular weight excluding hydrogens is 332 g/mol. The molecule has 1 aromatic rings. The Morgan fingerprint density at radius 1 is 1.21 bits per heavy atom. The molecule has 19 heavy (non-hydrogen) atoms. The summed E-state index contributed by atoms with van der Waals surface area (Å²) in [5.74, 6) is 1.97. The SMILES string of the molecule is COc1cc(C(Cl)C2CCOCC2)c(OC)cc1Br. The summed E-state index contributed by atoms with van der Waals surface area (Å²) in [7, 11) is 3.30. The van der Waals surface area contributed by atoms with Crippen molar-refractivity contribution in [1.82, 2.24) is 0 Å². The molecule has 1 unspecified atom stereocenters. The van der Waals surface area contributed by atoms with E-state index in [1.807, 2.05) is 12.1 Å². The zero-order valence-electron chi connectivity index (χ0n) is 11.1. The van der Waals surface area contributed by atoms with Crippen molar-refractivity contribution in [3.05, 3.63) is 22.2 Å². The molecule has 1 aromatic carbocycles. The second kappa shape index (κ2) is 6.82. The van der Waals surface area contributed by atoms with E-state index in [-0.39, 0.29) is 5.38 Å². The minimum Gasteiger partial charge on any atom is -0.496 e. The van der Waals surface area contributed by atoms with E-state index in [0.717, 1.165) is 47.6 Å². The van der Waals surface area contributed by atoms with Gasteiger partial charge in [-0.05, 0) is 46.8 Å². The summed E-state index contributed by atoms with van der Waals surface area (Å²) in [6.45, 7) is 1.56. The van der Waals surface area contributed by atoms with Crippen LogP contribution in [0.25, 0.3) is 0 Å². The highest BCUT2D eigenvalue weighted by Crippen LogP contribution is 2.43. The van der Waals surface area contributed by atoms with E-state index in [2.05, 4.69) is 15.9 Å². The summed E-state index contributed by atoms with van der Waals surface area (Å²) < 4.78 is 17.0. The van der Waals surface area contributed by atoms with Crippen molar-refractivity contribution in [2.75, 3.05) is 27.4 Å². The monoisotopic (exact) mass is 348 g/mol. The lowest BCUT2D eigenvalue weighted by Gasteiger charge is -2.27. The van der Waals surface area contributed by atoms with E-state index >= 15 is 0 Å². The van der Waals surface area contributed by atoms with Gasteiger partial charge < -0.3 is 14.2 Å². The van der Waals surface area contributed by atoms with Crippen molar-refractivity contribution in [3.8, 4) is 11.5 Å². The molecule has 0 spiro atoms. The predicted octanol–water partition coefficient (Wildman–Crippen LogP) is 4.17. The van der Waals surface area contributed by atoms with Crippen molar-refractivity contribution in [2.45, 2.75) is 18.2 Å². The molecule has 0 aliphatic carbocycles. The van der Waals surface area contributed by atoms with E-state index < -0.39 is 0 Å². The second-order valence-electron chi connectivity index (χ2n) is 4.58. The van der Waals surface area contributed by atoms with Crippen LogP contribution in [0.5, 0.6) is 11.5 Å². The standard InChI is InChI=1S/C14H18BrClO3/c1-17-12-8-11(15)13(18-2)7-10(12)14(16)9-3-5-19-6-4-9/h7-9,14H,3-6H2,1-2H3. The van der Waals surface area contributed by atoms with Gasteiger partial charge in [0.15, 0.2) is 0 Å². The van der Waals surface area contributed by atoms with Crippen LogP contribution in [0.1, 0.15) is 23.8 Å². The minimum atomic E-state index is -0.0825. The van der Waals surface area contributed by atoms with Gasteiger partial charge in [0.05, 0.1) is 24.1 Å². The molecule has 0 N–H and O–H groups in total. The molecule has 1 saturated heterocycles. The highest BCUT2D eigenvalue weighted by molar-refractivity contribution is 9.10. The molecule has 0 aromatic heterocycles. The molecule has 1 atom stereocenters. The van der Waals surface area contributed by atoms with Crippen LogP contribution in [0.2, 0.25) is 0 Å². The summed E-state index contributed by atoms with van der Waals surface area (Å²) in [6, 6.07) is 3.86. The molecular formula is C14H18BrClO3. The van der Waals surface area contributed by atoms with Crippen LogP contribution in [0.3, 0.4) is 0 Å². The van der Waals surface area contributed by atoms with Gasteiger partial charge in [0, 0.05) is 18.8 Å². The third-order valence-electron chi connectivity index (χ3n) is 3.48. The van der Waals surface area contributed by atoms with Gasteiger partial charge in [-0.25, -0.2) is 0 Å². The Morgan fingerprint density at radius 2 is 1.84 bits per heavy atom. The van der Waals surface area contributed by atoms with Crippen LogP contribution in [0, 0.1) is 5.92 Å². The van der Waals surface area contributed by atoms with E-state index in [1.54, 1.807) is 14.2 Å². The number of hydrogen-bond acceptors (Lipinski definition) is 3. The van der Waals surface area contributed by atoms with Crippen LogP contribution in [-0.4, -0.2) is 27.4 Å². The molecule has 5 heteroatoms. The molecule has 1 aliphatic rings. The van der Waals surface area contributed by atoms with E-state index in [4.69, 9.17) is 25.8 Å². The summed E-state index contributed by atoms with van der Waals surface area (Å²) in [4.78, 5) is 0. The van der Waals surface area contributed by atoms with Crippen molar-refractivity contribution >= 4 is 27.5 Å². The molecule has 1 aliphatic heterocycles.